The van der Waals surface area contributed by atoms with E-state index in [1.54, 1.807) is 6.07 Å². The number of phenolic OH excluding ortho intramolecular Hbond substituents is 1. The number of phenols is 1. The Morgan fingerprint density at radius 3 is 2.48 bits per heavy atom. The van der Waals surface area contributed by atoms with E-state index in [2.05, 4.69) is 16.4 Å². The molecule has 0 atom stereocenters. The van der Waals surface area contributed by atoms with Crippen LogP contribution in [-0.4, -0.2) is 66.6 Å². The quantitative estimate of drug-likeness (QED) is 0.815. The zero-order chi connectivity index (χ0) is 16.8. The maximum Gasteiger partial charge on any atom is 0.237 e. The van der Waals surface area contributed by atoms with Crippen molar-refractivity contribution >= 4 is 11.6 Å². The van der Waals surface area contributed by atoms with Crippen LogP contribution in [-0.2, 0) is 4.79 Å². The fourth-order valence-corrected chi connectivity index (χ4v) is 2.87. The summed E-state index contributed by atoms with van der Waals surface area (Å²) >= 11 is 0. The Balaban J connectivity index is 1.86. The van der Waals surface area contributed by atoms with Gasteiger partial charge in [0.2, 0.25) is 5.91 Å². The Bertz CT molecular complexity index is 551. The minimum atomic E-state index is 0.159. The molecule has 0 unspecified atom stereocenters. The number of hydrogen-bond acceptors (Lipinski definition) is 4. The third-order valence-electron chi connectivity index (χ3n) is 4.15. The maximum absolute atomic E-state index is 12.4. The first kappa shape index (κ1) is 17.3. The second-order valence-corrected chi connectivity index (χ2v) is 6.12. The van der Waals surface area contributed by atoms with E-state index in [0.717, 1.165) is 37.4 Å². The highest BCUT2D eigenvalue weighted by atomic mass is 16.3. The average Bonchev–Trinajstić information content (AvgIpc) is 2.53. The molecule has 1 saturated heterocycles. The summed E-state index contributed by atoms with van der Waals surface area (Å²) < 4.78 is 0. The molecular formula is C18H27N3O2. The van der Waals surface area contributed by atoms with Gasteiger partial charge in [-0.05, 0) is 26.0 Å². The van der Waals surface area contributed by atoms with E-state index >= 15 is 0 Å². The Morgan fingerprint density at radius 1 is 1.26 bits per heavy atom. The number of amides is 1. The number of nitrogens with zero attached hydrogens (tertiary/aromatic N) is 3. The van der Waals surface area contributed by atoms with Gasteiger partial charge in [-0.1, -0.05) is 24.3 Å². The van der Waals surface area contributed by atoms with E-state index in [0.29, 0.717) is 25.4 Å². The molecule has 1 aromatic rings. The van der Waals surface area contributed by atoms with Crippen molar-refractivity contribution in [3.05, 3.63) is 36.4 Å². The Hall–Kier alpha value is -2.01. The zero-order valence-electron chi connectivity index (χ0n) is 14.2. The largest absolute Gasteiger partial charge is 0.506 e. The number of aromatic hydroxyl groups is 1. The standard InChI is InChI=1S/C18H27N3O2/c1-4-20(13-15(2)3)18(23)14-19-9-11-21(12-10-19)16-7-5-6-8-17(16)22/h5-8,22H,2,4,9-14H2,1,3H3. The summed E-state index contributed by atoms with van der Waals surface area (Å²) in [5.74, 6) is 0.474. The molecule has 0 bridgehead atoms. The lowest BCUT2D eigenvalue weighted by Crippen LogP contribution is -2.50. The number of para-hydroxylation sites is 2. The molecule has 0 aromatic heterocycles. The van der Waals surface area contributed by atoms with Gasteiger partial charge in [0.05, 0.1) is 12.2 Å². The van der Waals surface area contributed by atoms with Gasteiger partial charge in [0.15, 0.2) is 0 Å². The van der Waals surface area contributed by atoms with Crippen LogP contribution in [0.4, 0.5) is 5.69 Å². The van der Waals surface area contributed by atoms with Crippen molar-refractivity contribution in [2.45, 2.75) is 13.8 Å². The van der Waals surface area contributed by atoms with Crippen molar-refractivity contribution in [3.63, 3.8) is 0 Å². The number of benzene rings is 1. The van der Waals surface area contributed by atoms with Crippen LogP contribution in [0.5, 0.6) is 5.75 Å². The summed E-state index contributed by atoms with van der Waals surface area (Å²) in [7, 11) is 0. The van der Waals surface area contributed by atoms with Gasteiger partial charge in [0.1, 0.15) is 5.75 Å². The highest BCUT2D eigenvalue weighted by molar-refractivity contribution is 5.78. The van der Waals surface area contributed by atoms with Gasteiger partial charge in [0, 0.05) is 39.3 Å². The van der Waals surface area contributed by atoms with E-state index in [9.17, 15) is 9.90 Å². The van der Waals surface area contributed by atoms with Gasteiger partial charge < -0.3 is 14.9 Å². The number of rotatable bonds is 6. The van der Waals surface area contributed by atoms with Crippen LogP contribution < -0.4 is 4.90 Å². The van der Waals surface area contributed by atoms with Crippen LogP contribution in [0.25, 0.3) is 0 Å². The van der Waals surface area contributed by atoms with Crippen LogP contribution in [0.3, 0.4) is 0 Å². The van der Waals surface area contributed by atoms with Crippen molar-refractivity contribution in [2.24, 2.45) is 0 Å². The van der Waals surface area contributed by atoms with Crippen molar-refractivity contribution in [2.75, 3.05) is 50.7 Å². The molecule has 1 N–H and O–H groups in total. The summed E-state index contributed by atoms with van der Waals surface area (Å²) in [6.45, 7) is 12.9. The fraction of sp³-hybridized carbons (Fsp3) is 0.500. The van der Waals surface area contributed by atoms with Crippen LogP contribution in [0.15, 0.2) is 36.4 Å². The molecule has 1 heterocycles. The van der Waals surface area contributed by atoms with Gasteiger partial charge >= 0.3 is 0 Å². The summed E-state index contributed by atoms with van der Waals surface area (Å²) in [6, 6.07) is 7.40. The Morgan fingerprint density at radius 2 is 1.91 bits per heavy atom. The van der Waals surface area contributed by atoms with Gasteiger partial charge in [-0.3, -0.25) is 9.69 Å². The molecule has 2 rings (SSSR count). The summed E-state index contributed by atoms with van der Waals surface area (Å²) in [6.07, 6.45) is 0. The normalized spacial score (nSPS) is 15.5. The van der Waals surface area contributed by atoms with Crippen LogP contribution in [0.2, 0.25) is 0 Å². The topological polar surface area (TPSA) is 47.0 Å². The van der Waals surface area contributed by atoms with Gasteiger partial charge in [0.25, 0.3) is 0 Å². The Kier molecular flexibility index (Phi) is 6.04. The summed E-state index contributed by atoms with van der Waals surface area (Å²) in [5, 5.41) is 9.94. The number of piperazine rings is 1. The van der Waals surface area contributed by atoms with Gasteiger partial charge in [-0.2, -0.15) is 0 Å². The molecule has 5 nitrogen and oxygen atoms in total. The summed E-state index contributed by atoms with van der Waals surface area (Å²) in [4.78, 5) is 18.6. The van der Waals surface area contributed by atoms with Crippen molar-refractivity contribution in [1.29, 1.82) is 0 Å². The zero-order valence-corrected chi connectivity index (χ0v) is 14.2. The van der Waals surface area contributed by atoms with Gasteiger partial charge in [-0.25, -0.2) is 0 Å². The minimum absolute atomic E-state index is 0.159. The highest BCUT2D eigenvalue weighted by Gasteiger charge is 2.22. The fourth-order valence-electron chi connectivity index (χ4n) is 2.87. The maximum atomic E-state index is 12.4. The predicted molar refractivity (Wildman–Crippen MR) is 93.8 cm³/mol. The molecule has 1 amide bonds. The number of carbonyl (C=O) groups is 1. The number of hydrogen-bond donors (Lipinski definition) is 1. The molecular weight excluding hydrogens is 290 g/mol. The molecule has 23 heavy (non-hydrogen) atoms. The predicted octanol–water partition coefficient (Wildman–Crippen LogP) is 1.94. The highest BCUT2D eigenvalue weighted by Crippen LogP contribution is 2.27. The van der Waals surface area contributed by atoms with Crippen molar-refractivity contribution in [3.8, 4) is 5.75 Å². The second-order valence-electron chi connectivity index (χ2n) is 6.12. The minimum Gasteiger partial charge on any atom is -0.506 e. The molecule has 126 valence electrons. The van der Waals surface area contributed by atoms with Crippen LogP contribution >= 0.6 is 0 Å². The number of carbonyl (C=O) groups excluding carboxylic acids is 1. The van der Waals surface area contributed by atoms with E-state index in [1.165, 1.54) is 0 Å². The van der Waals surface area contributed by atoms with E-state index in [-0.39, 0.29) is 5.91 Å². The molecule has 1 fully saturated rings. The van der Waals surface area contributed by atoms with E-state index < -0.39 is 0 Å². The summed E-state index contributed by atoms with van der Waals surface area (Å²) in [5.41, 5.74) is 1.88. The third-order valence-corrected chi connectivity index (χ3v) is 4.15. The van der Waals surface area contributed by atoms with Gasteiger partial charge in [-0.15, -0.1) is 0 Å². The molecule has 1 aliphatic rings. The van der Waals surface area contributed by atoms with Crippen molar-refractivity contribution in [1.82, 2.24) is 9.80 Å². The lowest BCUT2D eigenvalue weighted by molar-refractivity contribution is -0.131. The molecule has 1 aliphatic heterocycles. The molecule has 5 heteroatoms. The first-order chi connectivity index (χ1) is 11.0. The van der Waals surface area contributed by atoms with E-state index in [1.807, 2.05) is 36.9 Å². The monoisotopic (exact) mass is 317 g/mol. The molecule has 0 spiro atoms. The Labute approximate surface area is 138 Å². The molecule has 0 radical (unpaired) electrons. The SMILES string of the molecule is C=C(C)CN(CC)C(=O)CN1CCN(c2ccccc2O)CC1. The van der Waals surface area contributed by atoms with Crippen molar-refractivity contribution < 1.29 is 9.90 Å². The molecule has 0 aliphatic carbocycles. The van der Waals surface area contributed by atoms with E-state index in [4.69, 9.17) is 0 Å². The third kappa shape index (κ3) is 4.73. The van der Waals surface area contributed by atoms with Crippen LogP contribution in [0.1, 0.15) is 13.8 Å². The number of likely N-dealkylation sites (N-methyl/N-ethyl adjacent to an activating group) is 1. The lowest BCUT2D eigenvalue weighted by Gasteiger charge is -2.36. The average molecular weight is 317 g/mol. The first-order valence-corrected chi connectivity index (χ1v) is 8.18. The number of anilines is 1. The smallest absolute Gasteiger partial charge is 0.237 e. The lowest BCUT2D eigenvalue weighted by atomic mass is 10.2. The first-order valence-electron chi connectivity index (χ1n) is 8.18. The second kappa shape index (κ2) is 8.02. The molecule has 1 aromatic carbocycles. The molecule has 0 saturated carbocycles. The van der Waals surface area contributed by atoms with Crippen LogP contribution in [0, 0.1) is 0 Å².